The molecule has 2 aliphatic heterocycles. The normalized spacial score (nSPS) is 26.1. The summed E-state index contributed by atoms with van der Waals surface area (Å²) in [6.07, 6.45) is 3.57. The van der Waals surface area contributed by atoms with Gasteiger partial charge in [0.2, 0.25) is 11.8 Å². The summed E-state index contributed by atoms with van der Waals surface area (Å²) in [7, 11) is 0. The number of fused-ring (bicyclic) bond motifs is 4. The minimum Gasteiger partial charge on any atom is -0.453 e. The number of hydrogen-bond donors (Lipinski definition) is 4. The van der Waals surface area contributed by atoms with Crippen molar-refractivity contribution in [3.63, 3.8) is 0 Å². The Bertz CT molecular complexity index is 1450. The van der Waals surface area contributed by atoms with Crippen LogP contribution in [-0.4, -0.2) is 63.3 Å². The van der Waals surface area contributed by atoms with E-state index in [4.69, 9.17) is 4.74 Å². The van der Waals surface area contributed by atoms with E-state index in [0.29, 0.717) is 35.9 Å². The molecule has 220 valence electrons. The van der Waals surface area contributed by atoms with Crippen molar-refractivity contribution in [2.24, 2.45) is 11.3 Å². The molecule has 1 saturated heterocycles. The summed E-state index contributed by atoms with van der Waals surface area (Å²) in [6.45, 7) is 10.6. The van der Waals surface area contributed by atoms with Crippen LogP contribution in [0.3, 0.4) is 0 Å². The molecule has 2 aliphatic rings. The Kier molecular flexibility index (Phi) is 8.62. The van der Waals surface area contributed by atoms with E-state index in [1.54, 1.807) is 58.0 Å². The largest absolute Gasteiger partial charge is 0.453 e. The first-order valence-electron chi connectivity index (χ1n) is 13.9. The molecule has 3 amide bonds. The first-order chi connectivity index (χ1) is 19.3. The fourth-order valence-corrected chi connectivity index (χ4v) is 4.74. The first-order valence-corrected chi connectivity index (χ1v) is 13.9. The number of ether oxygens (including phenoxy) is 1. The highest BCUT2D eigenvalue weighted by atomic mass is 16.5. The Morgan fingerprint density at radius 1 is 1.07 bits per heavy atom. The van der Waals surface area contributed by atoms with Crippen molar-refractivity contribution < 1.29 is 23.9 Å². The Hall–Kier alpha value is -4.06. The molecule has 2 aromatic rings. The maximum absolute atomic E-state index is 13.3. The average molecular weight is 567 g/mol. The smallest absolute Gasteiger partial charge is 0.325 e. The number of nitrogens with zero attached hydrogens (tertiary/aromatic N) is 2. The van der Waals surface area contributed by atoms with Crippen molar-refractivity contribution >= 4 is 40.7 Å². The number of aromatic amines is 1. The Morgan fingerprint density at radius 3 is 2.51 bits per heavy atom. The Morgan fingerprint density at radius 2 is 1.80 bits per heavy atom. The number of nitrogens with one attached hydrogen (secondary N) is 4. The number of carbonyl (C=O) groups excluding carboxylic acids is 4. The van der Waals surface area contributed by atoms with Gasteiger partial charge in [-0.15, -0.1) is 0 Å². The molecule has 4 atom stereocenters. The zero-order chi connectivity index (χ0) is 30.1. The number of hydrogen-bond acceptors (Lipinski definition) is 8. The summed E-state index contributed by atoms with van der Waals surface area (Å²) in [5.74, 6) is -1.94. The van der Waals surface area contributed by atoms with Crippen LogP contribution in [-0.2, 0) is 23.9 Å². The molecule has 0 spiro atoms. The van der Waals surface area contributed by atoms with E-state index in [-0.39, 0.29) is 23.2 Å². The highest BCUT2D eigenvalue weighted by Gasteiger charge is 2.35. The van der Waals surface area contributed by atoms with Gasteiger partial charge in [0, 0.05) is 6.54 Å². The lowest BCUT2D eigenvalue weighted by Crippen LogP contribution is -2.61. The fourth-order valence-electron chi connectivity index (χ4n) is 4.74. The zero-order valence-corrected chi connectivity index (χ0v) is 24.2. The van der Waals surface area contributed by atoms with Crippen LogP contribution >= 0.6 is 0 Å². The van der Waals surface area contributed by atoms with Crippen molar-refractivity contribution in [2.45, 2.75) is 78.6 Å². The minimum atomic E-state index is -0.995. The highest BCUT2D eigenvalue weighted by molar-refractivity contribution is 5.94. The molecule has 12 nitrogen and oxygen atoms in total. The third-order valence-electron chi connectivity index (χ3n) is 7.41. The highest BCUT2D eigenvalue weighted by Crippen LogP contribution is 2.23. The molecule has 1 unspecified atom stereocenters. The average Bonchev–Trinajstić information content (AvgIpc) is 2.93. The van der Waals surface area contributed by atoms with E-state index in [9.17, 15) is 24.0 Å². The molecule has 0 radical (unpaired) electrons. The topological polar surface area (TPSA) is 163 Å². The van der Waals surface area contributed by atoms with Gasteiger partial charge in [-0.2, -0.15) is 0 Å². The summed E-state index contributed by atoms with van der Waals surface area (Å²) < 4.78 is 5.63. The van der Waals surface area contributed by atoms with Gasteiger partial charge in [0.1, 0.15) is 18.1 Å². The van der Waals surface area contributed by atoms with E-state index in [1.165, 1.54) is 5.01 Å². The van der Waals surface area contributed by atoms with Crippen molar-refractivity contribution in [1.82, 2.24) is 31.0 Å². The minimum absolute atomic E-state index is 0.183. The van der Waals surface area contributed by atoms with Gasteiger partial charge in [-0.1, -0.05) is 32.1 Å². The standard InChI is InChI=1S/C29H38N6O6/c1-15(2)22-25(37)30-16(3)26(38)35-13-7-8-20(34-35)27(39)41-17(4)23-31-21-14-18(9-10-19(21)24(36)33-23)11-12-29(5,6)28(40)32-22/h9-12,14-17,20,22,34H,7-8,13H2,1-6H3,(H,30,37)(H,32,40)(H,31,33,36)/t16-,17-,20?,22+/m1/s1. The van der Waals surface area contributed by atoms with Crippen LogP contribution in [0.2, 0.25) is 0 Å². The number of hydrazine groups is 1. The van der Waals surface area contributed by atoms with Gasteiger partial charge in [-0.05, 0) is 64.2 Å². The van der Waals surface area contributed by atoms with E-state index in [2.05, 4.69) is 26.0 Å². The third-order valence-corrected chi connectivity index (χ3v) is 7.41. The van der Waals surface area contributed by atoms with Gasteiger partial charge >= 0.3 is 5.97 Å². The third kappa shape index (κ3) is 6.64. The maximum atomic E-state index is 13.3. The predicted molar refractivity (Wildman–Crippen MR) is 152 cm³/mol. The SMILES string of the molecule is CC(C)[C@@H]1NC(=O)C(C)(C)C=Cc2ccc3c(=O)[nH]c(nc3c2)[C@@H](C)OC(=O)C2CCCN(N2)C(=O)[C@@H](C)NC1=O. The lowest BCUT2D eigenvalue weighted by atomic mass is 9.89. The first kappa shape index (κ1) is 29.9. The maximum Gasteiger partial charge on any atom is 0.325 e. The number of esters is 1. The number of cyclic esters (lactones) is 1. The monoisotopic (exact) mass is 566 g/mol. The number of amides is 3. The zero-order valence-electron chi connectivity index (χ0n) is 24.2. The van der Waals surface area contributed by atoms with Gasteiger partial charge in [-0.3, -0.25) is 29.0 Å². The number of benzene rings is 1. The predicted octanol–water partition coefficient (Wildman–Crippen LogP) is 1.72. The lowest BCUT2D eigenvalue weighted by molar-refractivity contribution is -0.157. The van der Waals surface area contributed by atoms with Crippen LogP contribution < -0.4 is 21.6 Å². The summed E-state index contributed by atoms with van der Waals surface area (Å²) in [4.78, 5) is 72.7. The molecule has 5 bridgehead atoms. The van der Waals surface area contributed by atoms with Gasteiger partial charge in [0.05, 0.1) is 16.3 Å². The van der Waals surface area contributed by atoms with Gasteiger partial charge in [0.15, 0.2) is 11.9 Å². The molecule has 41 heavy (non-hydrogen) atoms. The van der Waals surface area contributed by atoms with Crippen LogP contribution in [0.25, 0.3) is 17.0 Å². The summed E-state index contributed by atoms with van der Waals surface area (Å²) in [5, 5.41) is 7.22. The molecule has 4 N–H and O–H groups in total. The molecule has 12 heteroatoms. The fraction of sp³-hybridized carbons (Fsp3) is 0.517. The van der Waals surface area contributed by atoms with Crippen LogP contribution in [0.4, 0.5) is 0 Å². The Labute approximate surface area is 238 Å². The summed E-state index contributed by atoms with van der Waals surface area (Å²) in [6, 6.07) is 2.49. The molecule has 1 fully saturated rings. The molecule has 0 aliphatic carbocycles. The molecule has 3 heterocycles. The van der Waals surface area contributed by atoms with Gasteiger partial charge < -0.3 is 20.4 Å². The molecule has 4 rings (SSSR count). The second kappa shape index (κ2) is 11.8. The number of H-pyrrole nitrogens is 1. The van der Waals surface area contributed by atoms with Crippen LogP contribution in [0, 0.1) is 11.3 Å². The van der Waals surface area contributed by atoms with Crippen molar-refractivity contribution in [3.8, 4) is 0 Å². The lowest BCUT2D eigenvalue weighted by Gasteiger charge is -2.35. The van der Waals surface area contributed by atoms with Gasteiger partial charge in [-0.25, -0.2) is 10.4 Å². The van der Waals surface area contributed by atoms with Crippen molar-refractivity contribution in [1.29, 1.82) is 0 Å². The van der Waals surface area contributed by atoms with E-state index in [0.717, 1.165) is 0 Å². The van der Waals surface area contributed by atoms with E-state index < -0.39 is 47.4 Å². The number of carbonyl (C=O) groups is 4. The number of rotatable bonds is 1. The van der Waals surface area contributed by atoms with Crippen molar-refractivity contribution in [2.75, 3.05) is 6.54 Å². The quantitative estimate of drug-likeness (QED) is 0.379. The second-order valence-corrected chi connectivity index (χ2v) is 11.6. The van der Waals surface area contributed by atoms with E-state index in [1.807, 2.05) is 13.8 Å². The molecular weight excluding hydrogens is 528 g/mol. The van der Waals surface area contributed by atoms with Crippen LogP contribution in [0.5, 0.6) is 0 Å². The summed E-state index contributed by atoms with van der Waals surface area (Å²) in [5.41, 5.74) is 2.65. The molecule has 1 aromatic heterocycles. The molecular formula is C29H38N6O6. The van der Waals surface area contributed by atoms with E-state index >= 15 is 0 Å². The molecule has 1 aromatic carbocycles. The second-order valence-electron chi connectivity index (χ2n) is 11.6. The number of aromatic nitrogens is 2. The van der Waals surface area contributed by atoms with Crippen LogP contribution in [0.15, 0.2) is 29.1 Å². The Balaban J connectivity index is 1.74. The van der Waals surface area contributed by atoms with Crippen molar-refractivity contribution in [3.05, 3.63) is 46.0 Å². The van der Waals surface area contributed by atoms with Gasteiger partial charge in [0.25, 0.3) is 11.5 Å². The summed E-state index contributed by atoms with van der Waals surface area (Å²) >= 11 is 0. The molecule has 0 saturated carbocycles. The van der Waals surface area contributed by atoms with Crippen LogP contribution in [0.1, 0.15) is 71.9 Å².